The molecule has 0 fully saturated rings. The van der Waals surface area contributed by atoms with Gasteiger partial charge in [-0.05, 0) is 47.8 Å². The number of amidine groups is 2. The van der Waals surface area contributed by atoms with Crippen molar-refractivity contribution in [2.75, 3.05) is 6.61 Å². The summed E-state index contributed by atoms with van der Waals surface area (Å²) >= 11 is 0. The summed E-state index contributed by atoms with van der Waals surface area (Å²) in [5, 5.41) is 3.31. The highest BCUT2D eigenvalue weighted by Gasteiger charge is 2.24. The first-order valence-electron chi connectivity index (χ1n) is 17.8. The fraction of sp³-hybridized carbons (Fsp3) is 0.227. The molecule has 1 unspecified atom stereocenters. The van der Waals surface area contributed by atoms with Gasteiger partial charge in [-0.15, -0.1) is 0 Å². The van der Waals surface area contributed by atoms with Gasteiger partial charge in [0.05, 0.1) is 12.2 Å². The van der Waals surface area contributed by atoms with Gasteiger partial charge in [0.15, 0.2) is 17.7 Å². The maximum Gasteiger partial charge on any atom is 0.347 e. The summed E-state index contributed by atoms with van der Waals surface area (Å²) in [5.74, 6) is 0.962. The van der Waals surface area contributed by atoms with E-state index in [2.05, 4.69) is 48.6 Å². The van der Waals surface area contributed by atoms with E-state index in [-0.39, 0.29) is 11.5 Å². The minimum absolute atomic E-state index is 0.287. The zero-order valence-electron chi connectivity index (χ0n) is 29.2. The molecule has 0 saturated heterocycles. The van der Waals surface area contributed by atoms with Crippen LogP contribution in [-0.4, -0.2) is 36.1 Å². The maximum absolute atomic E-state index is 13.5. The molecule has 0 radical (unpaired) electrons. The number of unbranched alkanes of at least 4 members (excludes halogenated alkanes) is 5. The second-order valence-corrected chi connectivity index (χ2v) is 12.6. The molecule has 6 rings (SSSR count). The topological polar surface area (TPSA) is 89.4 Å². The van der Waals surface area contributed by atoms with Crippen molar-refractivity contribution in [1.82, 2.24) is 5.32 Å². The Hall–Kier alpha value is -5.82. The zero-order chi connectivity index (χ0) is 35.4. The Morgan fingerprint density at radius 2 is 1.22 bits per heavy atom. The number of allylic oxidation sites excluding steroid dienone is 4. The predicted octanol–water partition coefficient (Wildman–Crippen LogP) is 9.36. The van der Waals surface area contributed by atoms with Crippen LogP contribution in [0.1, 0.15) is 63.5 Å². The third kappa shape index (κ3) is 9.25. The molecule has 7 heteroatoms. The first-order chi connectivity index (χ1) is 25.0. The Bertz CT molecular complexity index is 1970. The molecule has 1 aliphatic heterocycles. The van der Waals surface area contributed by atoms with Gasteiger partial charge in [0.2, 0.25) is 0 Å². The lowest BCUT2D eigenvalue weighted by Gasteiger charge is -2.21. The van der Waals surface area contributed by atoms with Gasteiger partial charge in [-0.2, -0.15) is 0 Å². The van der Waals surface area contributed by atoms with E-state index in [4.69, 9.17) is 19.5 Å². The molecule has 1 heterocycles. The van der Waals surface area contributed by atoms with Crippen LogP contribution >= 0.6 is 0 Å². The summed E-state index contributed by atoms with van der Waals surface area (Å²) in [4.78, 5) is 35.8. The monoisotopic (exact) mass is 677 g/mol. The number of hydrogen-bond donors (Lipinski definition) is 1. The molecule has 1 atom stereocenters. The van der Waals surface area contributed by atoms with Gasteiger partial charge in [0.25, 0.3) is 0 Å². The van der Waals surface area contributed by atoms with Crippen LogP contribution in [0.2, 0.25) is 0 Å². The van der Waals surface area contributed by atoms with E-state index in [1.165, 1.54) is 25.3 Å². The summed E-state index contributed by atoms with van der Waals surface area (Å²) in [6.45, 7) is 4.18. The van der Waals surface area contributed by atoms with E-state index >= 15 is 0 Å². The van der Waals surface area contributed by atoms with Crippen molar-refractivity contribution in [3.05, 3.63) is 156 Å². The van der Waals surface area contributed by atoms with Gasteiger partial charge in [0, 0.05) is 17.2 Å². The number of ether oxygens (including phenoxy) is 2. The largest absolute Gasteiger partial charge is 0.479 e. The quantitative estimate of drug-likeness (QED) is 0.0816. The normalized spacial score (nSPS) is 16.0. The average Bonchev–Trinajstić information content (AvgIpc) is 3.18. The summed E-state index contributed by atoms with van der Waals surface area (Å²) in [6.07, 6.45) is 10.5. The van der Waals surface area contributed by atoms with Crippen molar-refractivity contribution in [2.45, 2.75) is 58.5 Å². The molecule has 0 spiro atoms. The van der Waals surface area contributed by atoms with Crippen LogP contribution in [0.3, 0.4) is 0 Å². The Labute approximate surface area is 300 Å². The highest BCUT2D eigenvalue weighted by molar-refractivity contribution is 6.16. The van der Waals surface area contributed by atoms with E-state index in [9.17, 15) is 9.59 Å². The van der Waals surface area contributed by atoms with Crippen LogP contribution in [0.15, 0.2) is 155 Å². The van der Waals surface area contributed by atoms with Crippen LogP contribution in [0, 0.1) is 0 Å². The SMILES string of the molecule is CCCCCCCCOC(=O)C(C)OC1=CC(=O)/C(=C2/N=C(c3ccc(-c4ccccc4)cc3)N=C(c3ccc(-c4ccccc4)cc3)N2)C=C1. The molecular weight excluding hydrogens is 635 g/mol. The van der Waals surface area contributed by atoms with E-state index in [1.807, 2.05) is 72.8 Å². The van der Waals surface area contributed by atoms with Crippen LogP contribution in [0.4, 0.5) is 0 Å². The standard InChI is InChI=1S/C44H43N3O4/c1-3-4-5-6-7-14-29-50-44(49)31(2)51-38-27-28-39(40(48)30-38)43-46-41(36-23-19-34(20-24-36)32-15-10-8-11-16-32)45-42(47-43)37-25-21-35(22-26-37)33-17-12-9-13-18-33/h8-13,15-28,30-31H,3-7,14,29H2,1-2H3,(H,45,46,47). The fourth-order valence-corrected chi connectivity index (χ4v) is 5.89. The number of aliphatic imine (C=N–C) groups is 2. The van der Waals surface area contributed by atoms with E-state index in [0.29, 0.717) is 29.7 Å². The van der Waals surface area contributed by atoms with Gasteiger partial charge < -0.3 is 14.8 Å². The Kier molecular flexibility index (Phi) is 11.8. The molecular formula is C44H43N3O4. The molecule has 1 N–H and O–H groups in total. The molecule has 0 aromatic heterocycles. The van der Waals surface area contributed by atoms with Crippen molar-refractivity contribution < 1.29 is 19.1 Å². The lowest BCUT2D eigenvalue weighted by Crippen LogP contribution is -2.31. The van der Waals surface area contributed by atoms with Gasteiger partial charge in [0.1, 0.15) is 17.4 Å². The Balaban J connectivity index is 1.21. The summed E-state index contributed by atoms with van der Waals surface area (Å²) in [5.41, 5.74) is 6.42. The van der Waals surface area contributed by atoms with Crippen molar-refractivity contribution in [1.29, 1.82) is 0 Å². The first-order valence-corrected chi connectivity index (χ1v) is 17.8. The molecule has 0 amide bonds. The third-order valence-corrected chi connectivity index (χ3v) is 8.78. The van der Waals surface area contributed by atoms with E-state index in [0.717, 1.165) is 52.6 Å². The minimum atomic E-state index is -0.850. The number of carbonyl (C=O) groups excluding carboxylic acids is 2. The molecule has 0 bridgehead atoms. The summed E-state index contributed by atoms with van der Waals surface area (Å²) < 4.78 is 11.2. The highest BCUT2D eigenvalue weighted by Crippen LogP contribution is 2.25. The van der Waals surface area contributed by atoms with Crippen LogP contribution in [-0.2, 0) is 19.1 Å². The lowest BCUT2D eigenvalue weighted by atomic mass is 10.0. The zero-order valence-corrected chi connectivity index (χ0v) is 29.2. The summed E-state index contributed by atoms with van der Waals surface area (Å²) in [6, 6.07) is 36.6. The Morgan fingerprint density at radius 3 is 1.82 bits per heavy atom. The van der Waals surface area contributed by atoms with Crippen LogP contribution < -0.4 is 5.32 Å². The average molecular weight is 678 g/mol. The molecule has 4 aromatic carbocycles. The highest BCUT2D eigenvalue weighted by atomic mass is 16.6. The predicted molar refractivity (Wildman–Crippen MR) is 204 cm³/mol. The molecule has 0 saturated carbocycles. The van der Waals surface area contributed by atoms with Gasteiger partial charge in [-0.3, -0.25) is 4.79 Å². The van der Waals surface area contributed by atoms with Gasteiger partial charge >= 0.3 is 5.97 Å². The lowest BCUT2D eigenvalue weighted by molar-refractivity contribution is -0.153. The molecule has 258 valence electrons. The smallest absolute Gasteiger partial charge is 0.347 e. The van der Waals surface area contributed by atoms with Crippen molar-refractivity contribution in [3.8, 4) is 22.3 Å². The summed E-state index contributed by atoms with van der Waals surface area (Å²) in [7, 11) is 0. The number of benzene rings is 4. The number of nitrogens with one attached hydrogen (secondary N) is 1. The number of esters is 1. The van der Waals surface area contributed by atoms with Crippen molar-refractivity contribution >= 4 is 23.4 Å². The van der Waals surface area contributed by atoms with Gasteiger partial charge in [-0.1, -0.05) is 148 Å². The number of rotatable bonds is 14. The second-order valence-electron chi connectivity index (χ2n) is 12.6. The molecule has 2 aliphatic rings. The fourth-order valence-electron chi connectivity index (χ4n) is 5.89. The third-order valence-electron chi connectivity index (χ3n) is 8.78. The molecule has 1 aliphatic carbocycles. The van der Waals surface area contributed by atoms with Crippen molar-refractivity contribution in [2.24, 2.45) is 9.98 Å². The number of carbonyl (C=O) groups is 2. The molecule has 51 heavy (non-hydrogen) atoms. The van der Waals surface area contributed by atoms with Crippen LogP contribution in [0.5, 0.6) is 0 Å². The number of hydrogen-bond acceptors (Lipinski definition) is 7. The van der Waals surface area contributed by atoms with E-state index < -0.39 is 12.1 Å². The van der Waals surface area contributed by atoms with Crippen molar-refractivity contribution in [3.63, 3.8) is 0 Å². The molecule has 7 nitrogen and oxygen atoms in total. The minimum Gasteiger partial charge on any atom is -0.479 e. The number of nitrogens with zero attached hydrogens (tertiary/aromatic N) is 2. The number of ketones is 1. The Morgan fingerprint density at radius 1 is 0.667 bits per heavy atom. The van der Waals surface area contributed by atoms with Crippen LogP contribution in [0.25, 0.3) is 22.3 Å². The molecule has 4 aromatic rings. The maximum atomic E-state index is 13.5. The van der Waals surface area contributed by atoms with Gasteiger partial charge in [-0.25, -0.2) is 14.8 Å². The first kappa shape index (κ1) is 35.0. The second kappa shape index (κ2) is 17.2. The van der Waals surface area contributed by atoms with E-state index in [1.54, 1.807) is 19.1 Å².